The average molecular weight is 331 g/mol. The lowest BCUT2D eigenvalue weighted by Gasteiger charge is -2.15. The summed E-state index contributed by atoms with van der Waals surface area (Å²) in [6, 6.07) is 8.03. The SMILES string of the molecule is CCSCc1nc2c([nH]1)CC(c1cccc(OC)c1)CNC2=O. The molecule has 0 aliphatic carbocycles. The van der Waals surface area contributed by atoms with E-state index in [1.807, 2.05) is 18.2 Å². The molecule has 2 heterocycles. The minimum atomic E-state index is -0.0885. The molecule has 0 fully saturated rings. The smallest absolute Gasteiger partial charge is 0.271 e. The largest absolute Gasteiger partial charge is 0.497 e. The van der Waals surface area contributed by atoms with Gasteiger partial charge in [-0.05, 0) is 29.9 Å². The first kappa shape index (κ1) is 15.9. The summed E-state index contributed by atoms with van der Waals surface area (Å²) >= 11 is 1.79. The molecule has 2 N–H and O–H groups in total. The van der Waals surface area contributed by atoms with Gasteiger partial charge in [0.25, 0.3) is 5.91 Å². The van der Waals surface area contributed by atoms with Gasteiger partial charge in [-0.3, -0.25) is 4.79 Å². The van der Waals surface area contributed by atoms with Gasteiger partial charge in [0.05, 0.1) is 12.9 Å². The van der Waals surface area contributed by atoms with Crippen molar-refractivity contribution in [2.24, 2.45) is 0 Å². The minimum absolute atomic E-state index is 0.0885. The van der Waals surface area contributed by atoms with Gasteiger partial charge in [-0.25, -0.2) is 4.98 Å². The van der Waals surface area contributed by atoms with Crippen LogP contribution in [0, 0.1) is 0 Å². The Bertz CT molecular complexity index is 699. The number of amides is 1. The molecule has 1 aromatic heterocycles. The van der Waals surface area contributed by atoms with E-state index >= 15 is 0 Å². The van der Waals surface area contributed by atoms with Crippen LogP contribution < -0.4 is 10.1 Å². The molecule has 1 aliphatic heterocycles. The Kier molecular flexibility index (Phi) is 4.91. The molecule has 2 aromatic rings. The summed E-state index contributed by atoms with van der Waals surface area (Å²) in [6.07, 6.45) is 0.769. The number of aromatic nitrogens is 2. The summed E-state index contributed by atoms with van der Waals surface area (Å²) in [5.41, 5.74) is 2.64. The number of thioether (sulfide) groups is 1. The van der Waals surface area contributed by atoms with E-state index < -0.39 is 0 Å². The van der Waals surface area contributed by atoms with Crippen LogP contribution in [0.2, 0.25) is 0 Å². The van der Waals surface area contributed by atoms with E-state index in [4.69, 9.17) is 4.74 Å². The fourth-order valence-corrected chi connectivity index (χ4v) is 3.35. The Balaban J connectivity index is 1.86. The first-order valence-corrected chi connectivity index (χ1v) is 8.94. The molecule has 1 unspecified atom stereocenters. The molecular weight excluding hydrogens is 310 g/mol. The van der Waals surface area contributed by atoms with Crippen molar-refractivity contribution in [3.63, 3.8) is 0 Å². The second kappa shape index (κ2) is 7.08. The monoisotopic (exact) mass is 331 g/mol. The number of methoxy groups -OCH3 is 1. The van der Waals surface area contributed by atoms with E-state index in [0.29, 0.717) is 12.2 Å². The van der Waals surface area contributed by atoms with E-state index in [-0.39, 0.29) is 11.8 Å². The molecule has 3 rings (SSSR count). The first-order chi connectivity index (χ1) is 11.2. The van der Waals surface area contributed by atoms with Crippen LogP contribution in [0.4, 0.5) is 0 Å². The fraction of sp³-hybridized carbons (Fsp3) is 0.412. The average Bonchev–Trinajstić information content (AvgIpc) is 2.92. The highest BCUT2D eigenvalue weighted by atomic mass is 32.2. The quantitative estimate of drug-likeness (QED) is 0.884. The third-order valence-electron chi connectivity index (χ3n) is 4.01. The molecular formula is C17H21N3O2S. The van der Waals surface area contributed by atoms with E-state index in [2.05, 4.69) is 28.3 Å². The third-order valence-corrected chi connectivity index (χ3v) is 4.90. The number of nitrogens with zero attached hydrogens (tertiary/aromatic N) is 1. The van der Waals surface area contributed by atoms with Crippen LogP contribution in [0.25, 0.3) is 0 Å². The van der Waals surface area contributed by atoms with Gasteiger partial charge in [-0.1, -0.05) is 19.1 Å². The zero-order chi connectivity index (χ0) is 16.2. The molecule has 122 valence electrons. The number of nitrogens with one attached hydrogen (secondary N) is 2. The van der Waals surface area contributed by atoms with Crippen molar-refractivity contribution in [2.75, 3.05) is 19.4 Å². The van der Waals surface area contributed by atoms with Gasteiger partial charge < -0.3 is 15.0 Å². The molecule has 5 nitrogen and oxygen atoms in total. The lowest BCUT2D eigenvalue weighted by Crippen LogP contribution is -2.26. The number of ether oxygens (including phenoxy) is 1. The van der Waals surface area contributed by atoms with E-state index in [9.17, 15) is 4.79 Å². The van der Waals surface area contributed by atoms with Crippen LogP contribution in [0.1, 0.15) is 40.4 Å². The molecule has 0 spiro atoms. The fourth-order valence-electron chi connectivity index (χ4n) is 2.82. The molecule has 1 aromatic carbocycles. The van der Waals surface area contributed by atoms with Crippen molar-refractivity contribution in [3.8, 4) is 5.75 Å². The highest BCUT2D eigenvalue weighted by Gasteiger charge is 2.26. The number of rotatable bonds is 5. The highest BCUT2D eigenvalue weighted by Crippen LogP contribution is 2.27. The number of benzene rings is 1. The first-order valence-electron chi connectivity index (χ1n) is 7.79. The van der Waals surface area contributed by atoms with Gasteiger partial charge in [0, 0.05) is 18.2 Å². The Morgan fingerprint density at radius 3 is 3.09 bits per heavy atom. The van der Waals surface area contributed by atoms with Crippen LogP contribution in [0.5, 0.6) is 5.75 Å². The van der Waals surface area contributed by atoms with E-state index in [0.717, 1.165) is 40.8 Å². The number of hydrogen-bond donors (Lipinski definition) is 2. The summed E-state index contributed by atoms with van der Waals surface area (Å²) in [5.74, 6) is 3.67. The van der Waals surface area contributed by atoms with Crippen molar-refractivity contribution in [1.29, 1.82) is 0 Å². The van der Waals surface area contributed by atoms with Crippen LogP contribution >= 0.6 is 11.8 Å². The van der Waals surface area contributed by atoms with Crippen LogP contribution in [-0.2, 0) is 12.2 Å². The topological polar surface area (TPSA) is 67.0 Å². The Labute approximate surface area is 140 Å². The van der Waals surface area contributed by atoms with E-state index in [1.54, 1.807) is 18.9 Å². The van der Waals surface area contributed by atoms with Crippen LogP contribution in [0.15, 0.2) is 24.3 Å². The second-order valence-corrected chi connectivity index (χ2v) is 6.81. The van der Waals surface area contributed by atoms with Gasteiger partial charge >= 0.3 is 0 Å². The molecule has 1 amide bonds. The maximum absolute atomic E-state index is 12.3. The molecule has 0 saturated heterocycles. The van der Waals surface area contributed by atoms with Crippen molar-refractivity contribution in [2.45, 2.75) is 25.0 Å². The van der Waals surface area contributed by atoms with E-state index in [1.165, 1.54) is 0 Å². The van der Waals surface area contributed by atoms with Gasteiger partial charge in [0.2, 0.25) is 0 Å². The predicted octanol–water partition coefficient (Wildman–Crippen LogP) is 2.74. The lowest BCUT2D eigenvalue weighted by atomic mass is 9.94. The summed E-state index contributed by atoms with van der Waals surface area (Å²) in [4.78, 5) is 20.1. The lowest BCUT2D eigenvalue weighted by molar-refractivity contribution is 0.0950. The predicted molar refractivity (Wildman–Crippen MR) is 92.2 cm³/mol. The van der Waals surface area contributed by atoms with Crippen molar-refractivity contribution in [3.05, 3.63) is 47.0 Å². The van der Waals surface area contributed by atoms with Gasteiger partial charge in [0.15, 0.2) is 0 Å². The van der Waals surface area contributed by atoms with Crippen LogP contribution in [0.3, 0.4) is 0 Å². The van der Waals surface area contributed by atoms with Crippen molar-refractivity contribution in [1.82, 2.24) is 15.3 Å². The van der Waals surface area contributed by atoms with Gasteiger partial charge in [-0.15, -0.1) is 0 Å². The number of H-pyrrole nitrogens is 1. The van der Waals surface area contributed by atoms with Crippen LogP contribution in [-0.4, -0.2) is 35.3 Å². The number of imidazole rings is 1. The standard InChI is InChI=1S/C17H21N3O2S/c1-3-23-10-15-19-14-8-12(9-18-17(21)16(14)20-15)11-5-4-6-13(7-11)22-2/h4-7,12H,3,8-10H2,1-2H3,(H,18,21)(H,19,20). The Morgan fingerprint density at radius 1 is 1.43 bits per heavy atom. The number of hydrogen-bond acceptors (Lipinski definition) is 4. The summed E-state index contributed by atoms with van der Waals surface area (Å²) in [6.45, 7) is 2.72. The van der Waals surface area contributed by atoms with Gasteiger partial charge in [-0.2, -0.15) is 11.8 Å². The maximum Gasteiger partial charge on any atom is 0.271 e. The molecule has 1 atom stereocenters. The summed E-state index contributed by atoms with van der Waals surface area (Å²) < 4.78 is 5.31. The number of carbonyl (C=O) groups excluding carboxylic acids is 1. The molecule has 0 saturated carbocycles. The molecule has 6 heteroatoms. The normalized spacial score (nSPS) is 17.3. The van der Waals surface area contributed by atoms with Crippen molar-refractivity contribution < 1.29 is 9.53 Å². The summed E-state index contributed by atoms with van der Waals surface area (Å²) in [5, 5.41) is 2.99. The van der Waals surface area contributed by atoms with Crippen molar-refractivity contribution >= 4 is 17.7 Å². The molecule has 0 radical (unpaired) electrons. The van der Waals surface area contributed by atoms with Gasteiger partial charge in [0.1, 0.15) is 17.3 Å². The molecule has 1 aliphatic rings. The minimum Gasteiger partial charge on any atom is -0.497 e. The number of carbonyl (C=O) groups is 1. The number of aromatic amines is 1. The Morgan fingerprint density at radius 2 is 2.30 bits per heavy atom. The maximum atomic E-state index is 12.3. The summed E-state index contributed by atoms with van der Waals surface area (Å²) in [7, 11) is 1.67. The second-order valence-electron chi connectivity index (χ2n) is 5.54. The third kappa shape index (κ3) is 3.52. The Hall–Kier alpha value is -1.95. The molecule has 23 heavy (non-hydrogen) atoms. The molecule has 0 bridgehead atoms. The highest BCUT2D eigenvalue weighted by molar-refractivity contribution is 7.98. The zero-order valence-corrected chi connectivity index (χ0v) is 14.2. The number of fused-ring (bicyclic) bond motifs is 1. The zero-order valence-electron chi connectivity index (χ0n) is 13.4.